The molecule has 8 heteroatoms. The Labute approximate surface area is 185 Å². The van der Waals surface area contributed by atoms with Crippen molar-refractivity contribution >= 4 is 46.3 Å². The zero-order valence-electron chi connectivity index (χ0n) is 16.9. The van der Waals surface area contributed by atoms with E-state index in [1.165, 1.54) is 6.20 Å². The first-order valence-electron chi connectivity index (χ1n) is 9.58. The molecule has 4 N–H and O–H groups in total. The van der Waals surface area contributed by atoms with Crippen LogP contribution in [0, 0.1) is 6.92 Å². The van der Waals surface area contributed by atoms with E-state index in [1.54, 1.807) is 36.4 Å². The first-order valence-corrected chi connectivity index (χ1v) is 9.99. The fraction of sp³-hybridized carbons (Fsp3) is 0.130. The summed E-state index contributed by atoms with van der Waals surface area (Å²) >= 11 is 4.64. The van der Waals surface area contributed by atoms with Gasteiger partial charge in [0.05, 0.1) is 24.7 Å². The average Bonchev–Trinajstić information content (AvgIpc) is 2.72. The van der Waals surface area contributed by atoms with Crippen molar-refractivity contribution in [2.45, 2.75) is 19.8 Å². The van der Waals surface area contributed by atoms with Crippen LogP contribution in [-0.4, -0.2) is 27.1 Å². The van der Waals surface area contributed by atoms with Gasteiger partial charge in [-0.1, -0.05) is 30.3 Å². The number of nitrogens with zero attached hydrogens (tertiary/aromatic N) is 1. The molecule has 0 aliphatic heterocycles. The number of pyridine rings is 1. The lowest BCUT2D eigenvalue weighted by Gasteiger charge is -2.10. The Morgan fingerprint density at radius 2 is 1.61 bits per heavy atom. The van der Waals surface area contributed by atoms with E-state index in [2.05, 4.69) is 33.2 Å². The van der Waals surface area contributed by atoms with Gasteiger partial charge in [-0.3, -0.25) is 9.78 Å². The number of nitrogens with one attached hydrogen (secondary N) is 3. The minimum atomic E-state index is -0.335. The van der Waals surface area contributed by atoms with Gasteiger partial charge in [0.25, 0.3) is 0 Å². The van der Waals surface area contributed by atoms with Gasteiger partial charge in [0.2, 0.25) is 5.91 Å². The molecule has 0 aliphatic rings. The average molecular weight is 435 g/mol. The van der Waals surface area contributed by atoms with Crippen LogP contribution >= 0.6 is 12.2 Å². The number of hydrogen-bond acceptors (Lipinski definition) is 4. The summed E-state index contributed by atoms with van der Waals surface area (Å²) in [6, 6.07) is 17.6. The summed E-state index contributed by atoms with van der Waals surface area (Å²) in [5, 5.41) is 17.3. The number of rotatable bonds is 7. The summed E-state index contributed by atoms with van der Waals surface area (Å²) in [5.41, 5.74) is 4.33. The maximum absolute atomic E-state index is 12.3. The van der Waals surface area contributed by atoms with Gasteiger partial charge >= 0.3 is 6.03 Å². The SMILES string of the molecule is Cc1ccccc1NC(=O)Nc1ccc(CC(=O)Nc2ccc(CC(O)=S)nc2)cc1. The number of para-hydroxylation sites is 1. The summed E-state index contributed by atoms with van der Waals surface area (Å²) in [6.07, 6.45) is 1.90. The lowest BCUT2D eigenvalue weighted by atomic mass is 10.1. The Morgan fingerprint density at radius 1 is 0.903 bits per heavy atom. The lowest BCUT2D eigenvalue weighted by molar-refractivity contribution is -0.115. The van der Waals surface area contributed by atoms with Crippen LogP contribution in [0.3, 0.4) is 0 Å². The predicted octanol–water partition coefficient (Wildman–Crippen LogP) is 4.64. The van der Waals surface area contributed by atoms with Gasteiger partial charge in [-0.25, -0.2) is 4.79 Å². The summed E-state index contributed by atoms with van der Waals surface area (Å²) in [6.45, 7) is 1.92. The standard InChI is InChI=1S/C23H22N4O3S/c1-15-4-2-3-5-20(15)27-23(30)26-17-8-6-16(7-9-17)12-21(28)25-19-11-10-18(24-14-19)13-22(29)31/h2-11,14H,12-13H2,1H3,(H,25,28)(H,29,31)(H2,26,27,30). The van der Waals surface area contributed by atoms with Crippen LogP contribution in [0.4, 0.5) is 21.9 Å². The third-order valence-corrected chi connectivity index (χ3v) is 4.55. The molecule has 1 heterocycles. The first-order chi connectivity index (χ1) is 14.9. The van der Waals surface area contributed by atoms with Gasteiger partial charge in [-0.05, 0) is 60.6 Å². The minimum Gasteiger partial charge on any atom is -0.502 e. The quantitative estimate of drug-likeness (QED) is 0.406. The topological polar surface area (TPSA) is 103 Å². The highest BCUT2D eigenvalue weighted by Gasteiger charge is 2.07. The molecule has 158 valence electrons. The molecule has 7 nitrogen and oxygen atoms in total. The van der Waals surface area contributed by atoms with E-state index >= 15 is 0 Å². The summed E-state index contributed by atoms with van der Waals surface area (Å²) in [7, 11) is 0. The number of aromatic nitrogens is 1. The molecule has 0 radical (unpaired) electrons. The number of carbonyl (C=O) groups excluding carboxylic acids is 2. The molecule has 0 saturated carbocycles. The molecule has 31 heavy (non-hydrogen) atoms. The van der Waals surface area contributed by atoms with E-state index in [4.69, 9.17) is 5.11 Å². The molecule has 0 saturated heterocycles. The van der Waals surface area contributed by atoms with Gasteiger partial charge in [-0.2, -0.15) is 0 Å². The summed E-state index contributed by atoms with van der Waals surface area (Å²) < 4.78 is 0. The highest BCUT2D eigenvalue weighted by molar-refractivity contribution is 7.80. The first kappa shape index (κ1) is 21.9. The van der Waals surface area contributed by atoms with Crippen molar-refractivity contribution in [1.82, 2.24) is 4.98 Å². The molecule has 0 bridgehead atoms. The van der Waals surface area contributed by atoms with E-state index in [0.717, 1.165) is 16.8 Å². The highest BCUT2D eigenvalue weighted by atomic mass is 32.1. The Hall–Kier alpha value is -3.78. The second kappa shape index (κ2) is 10.3. The van der Waals surface area contributed by atoms with Gasteiger partial charge in [0, 0.05) is 17.1 Å². The number of aliphatic hydroxyl groups is 1. The van der Waals surface area contributed by atoms with Gasteiger partial charge < -0.3 is 21.1 Å². The largest absolute Gasteiger partial charge is 0.502 e. The van der Waals surface area contributed by atoms with Crippen molar-refractivity contribution in [2.75, 3.05) is 16.0 Å². The molecule has 0 spiro atoms. The van der Waals surface area contributed by atoms with Crippen LogP contribution in [0.2, 0.25) is 0 Å². The van der Waals surface area contributed by atoms with E-state index in [0.29, 0.717) is 17.1 Å². The third kappa shape index (κ3) is 6.90. The molecular formula is C23H22N4O3S. The Balaban J connectivity index is 1.50. The van der Waals surface area contributed by atoms with Crippen LogP contribution in [0.15, 0.2) is 66.9 Å². The maximum Gasteiger partial charge on any atom is 0.323 e. The minimum absolute atomic E-state index is 0.130. The van der Waals surface area contributed by atoms with Crippen molar-refractivity contribution in [3.63, 3.8) is 0 Å². The Kier molecular flexibility index (Phi) is 7.29. The number of benzene rings is 2. The van der Waals surface area contributed by atoms with Crippen LogP contribution in [0.5, 0.6) is 0 Å². The summed E-state index contributed by atoms with van der Waals surface area (Å²) in [5.74, 6) is -0.190. The Bertz CT molecular complexity index is 1080. The van der Waals surface area contributed by atoms with Crippen molar-refractivity contribution in [3.8, 4) is 0 Å². The van der Waals surface area contributed by atoms with Crippen molar-refractivity contribution in [1.29, 1.82) is 0 Å². The maximum atomic E-state index is 12.3. The number of amides is 3. The van der Waals surface area contributed by atoms with Gasteiger partial charge in [0.1, 0.15) is 0 Å². The van der Waals surface area contributed by atoms with Gasteiger partial charge in [0.15, 0.2) is 5.05 Å². The zero-order chi connectivity index (χ0) is 22.2. The predicted molar refractivity (Wildman–Crippen MR) is 126 cm³/mol. The fourth-order valence-electron chi connectivity index (χ4n) is 2.85. The number of aliphatic hydroxyl groups excluding tert-OH is 1. The third-order valence-electron chi connectivity index (χ3n) is 4.41. The lowest BCUT2D eigenvalue weighted by Crippen LogP contribution is -2.20. The molecule has 3 aromatic rings. The van der Waals surface area contributed by atoms with Gasteiger partial charge in [-0.15, -0.1) is 0 Å². The molecule has 0 fully saturated rings. The normalized spacial score (nSPS) is 10.2. The van der Waals surface area contributed by atoms with Crippen LogP contribution in [0.1, 0.15) is 16.8 Å². The van der Waals surface area contributed by atoms with Crippen LogP contribution in [0.25, 0.3) is 0 Å². The molecule has 3 rings (SSSR count). The van der Waals surface area contributed by atoms with Crippen molar-refractivity contribution < 1.29 is 14.7 Å². The highest BCUT2D eigenvalue weighted by Crippen LogP contribution is 2.15. The monoisotopic (exact) mass is 434 g/mol. The summed E-state index contributed by atoms with van der Waals surface area (Å²) in [4.78, 5) is 28.6. The second-order valence-corrected chi connectivity index (χ2v) is 7.40. The molecule has 3 amide bonds. The van der Waals surface area contributed by atoms with Crippen LogP contribution in [-0.2, 0) is 17.6 Å². The molecule has 1 aromatic heterocycles. The van der Waals surface area contributed by atoms with Crippen LogP contribution < -0.4 is 16.0 Å². The number of carbonyl (C=O) groups is 2. The molecule has 0 unspecified atom stereocenters. The molecule has 0 aliphatic carbocycles. The fourth-order valence-corrected chi connectivity index (χ4v) is 3.00. The van der Waals surface area contributed by atoms with Crippen molar-refractivity contribution in [3.05, 3.63) is 83.7 Å². The van der Waals surface area contributed by atoms with E-state index in [9.17, 15) is 9.59 Å². The molecule has 2 aromatic carbocycles. The molecular weight excluding hydrogens is 412 g/mol. The zero-order valence-corrected chi connectivity index (χ0v) is 17.7. The van der Waals surface area contributed by atoms with Crippen molar-refractivity contribution in [2.24, 2.45) is 0 Å². The van der Waals surface area contributed by atoms with E-state index in [1.807, 2.05) is 31.2 Å². The number of urea groups is 1. The second-order valence-electron chi connectivity index (χ2n) is 6.92. The number of thiocarbonyl (C=S) groups is 1. The number of hydrogen-bond donors (Lipinski definition) is 4. The Morgan fingerprint density at radius 3 is 2.26 bits per heavy atom. The van der Waals surface area contributed by atoms with E-state index < -0.39 is 0 Å². The smallest absolute Gasteiger partial charge is 0.323 e. The molecule has 0 atom stereocenters. The number of anilines is 3. The van der Waals surface area contributed by atoms with E-state index in [-0.39, 0.29) is 29.8 Å². The number of aryl methyl sites for hydroxylation is 1.